The van der Waals surface area contributed by atoms with Gasteiger partial charge in [0.05, 0.1) is 12.2 Å². The first-order valence-corrected chi connectivity index (χ1v) is 8.52. The zero-order valence-electron chi connectivity index (χ0n) is 14.0. The highest BCUT2D eigenvalue weighted by Gasteiger charge is 2.25. The second-order valence-corrected chi connectivity index (χ2v) is 5.89. The van der Waals surface area contributed by atoms with Crippen LogP contribution in [0.25, 0.3) is 0 Å². The van der Waals surface area contributed by atoms with Gasteiger partial charge in [0.1, 0.15) is 17.2 Å². The molecule has 24 heavy (non-hydrogen) atoms. The van der Waals surface area contributed by atoms with Gasteiger partial charge in [-0.1, -0.05) is 18.2 Å². The molecule has 4 heteroatoms. The molecule has 2 aromatic carbocycles. The minimum absolute atomic E-state index is 0.0532. The van der Waals surface area contributed by atoms with Crippen molar-refractivity contribution < 1.29 is 14.3 Å². The van der Waals surface area contributed by atoms with E-state index in [0.29, 0.717) is 23.7 Å². The summed E-state index contributed by atoms with van der Waals surface area (Å²) < 4.78 is 11.5. The summed E-state index contributed by atoms with van der Waals surface area (Å²) in [5.41, 5.74) is 0.622. The van der Waals surface area contributed by atoms with Crippen LogP contribution in [0.15, 0.2) is 48.5 Å². The van der Waals surface area contributed by atoms with E-state index < -0.39 is 0 Å². The molecule has 1 fully saturated rings. The number of Topliss-reactive ketones (excluding diaryl/α,β-unsaturated/α-hetero) is 1. The molecule has 1 heterocycles. The lowest BCUT2D eigenvalue weighted by atomic mass is 9.89. The van der Waals surface area contributed by atoms with E-state index in [2.05, 4.69) is 5.32 Å². The SMILES string of the molecule is CCOc1ccc(Oc2ccccc2)cc1C(=O)C1CCNCC1. The molecule has 0 spiro atoms. The molecule has 0 atom stereocenters. The molecular weight excluding hydrogens is 302 g/mol. The summed E-state index contributed by atoms with van der Waals surface area (Å²) in [6, 6.07) is 15.1. The monoisotopic (exact) mass is 325 g/mol. The third-order valence-corrected chi connectivity index (χ3v) is 4.21. The van der Waals surface area contributed by atoms with Crippen LogP contribution in [0.2, 0.25) is 0 Å². The van der Waals surface area contributed by atoms with E-state index in [-0.39, 0.29) is 11.7 Å². The maximum absolute atomic E-state index is 12.9. The third kappa shape index (κ3) is 3.95. The Labute approximate surface area is 142 Å². The summed E-state index contributed by atoms with van der Waals surface area (Å²) in [7, 11) is 0. The number of carbonyl (C=O) groups is 1. The van der Waals surface area contributed by atoms with Crippen LogP contribution in [0.4, 0.5) is 0 Å². The van der Waals surface area contributed by atoms with Crippen molar-refractivity contribution in [3.8, 4) is 17.2 Å². The maximum atomic E-state index is 12.9. The molecule has 0 bridgehead atoms. The molecule has 4 nitrogen and oxygen atoms in total. The normalized spacial score (nSPS) is 15.0. The fourth-order valence-corrected chi connectivity index (χ4v) is 2.98. The van der Waals surface area contributed by atoms with Crippen LogP contribution in [-0.2, 0) is 0 Å². The zero-order valence-corrected chi connectivity index (χ0v) is 14.0. The van der Waals surface area contributed by atoms with Crippen LogP contribution < -0.4 is 14.8 Å². The number of ketones is 1. The molecule has 1 saturated heterocycles. The number of nitrogens with one attached hydrogen (secondary N) is 1. The summed E-state index contributed by atoms with van der Waals surface area (Å²) >= 11 is 0. The number of para-hydroxylation sites is 1. The molecule has 2 aromatic rings. The van der Waals surface area contributed by atoms with Crippen molar-refractivity contribution in [2.45, 2.75) is 19.8 Å². The van der Waals surface area contributed by atoms with Crippen LogP contribution in [0.1, 0.15) is 30.1 Å². The lowest BCUT2D eigenvalue weighted by Gasteiger charge is -2.22. The van der Waals surface area contributed by atoms with Crippen molar-refractivity contribution in [3.05, 3.63) is 54.1 Å². The van der Waals surface area contributed by atoms with E-state index in [4.69, 9.17) is 9.47 Å². The second-order valence-electron chi connectivity index (χ2n) is 5.89. The van der Waals surface area contributed by atoms with Gasteiger partial charge in [-0.05, 0) is 63.2 Å². The van der Waals surface area contributed by atoms with Crippen molar-refractivity contribution in [1.29, 1.82) is 0 Å². The van der Waals surface area contributed by atoms with Crippen molar-refractivity contribution in [1.82, 2.24) is 5.32 Å². The predicted molar refractivity (Wildman–Crippen MR) is 94.1 cm³/mol. The van der Waals surface area contributed by atoms with Gasteiger partial charge in [0.25, 0.3) is 0 Å². The average molecular weight is 325 g/mol. The first-order valence-electron chi connectivity index (χ1n) is 8.52. The van der Waals surface area contributed by atoms with E-state index in [9.17, 15) is 4.79 Å². The number of ether oxygens (including phenoxy) is 2. The van der Waals surface area contributed by atoms with Gasteiger partial charge in [0, 0.05) is 5.92 Å². The highest BCUT2D eigenvalue weighted by atomic mass is 16.5. The Morgan fingerprint density at radius 3 is 2.54 bits per heavy atom. The van der Waals surface area contributed by atoms with Gasteiger partial charge in [0.2, 0.25) is 0 Å². The molecule has 3 rings (SSSR count). The Balaban J connectivity index is 1.86. The Morgan fingerprint density at radius 1 is 1.08 bits per heavy atom. The average Bonchev–Trinajstić information content (AvgIpc) is 2.64. The smallest absolute Gasteiger partial charge is 0.169 e. The molecular formula is C20H23NO3. The zero-order chi connectivity index (χ0) is 16.8. The van der Waals surface area contributed by atoms with Crippen LogP contribution in [0, 0.1) is 5.92 Å². The fourth-order valence-electron chi connectivity index (χ4n) is 2.98. The van der Waals surface area contributed by atoms with Gasteiger partial charge in [0.15, 0.2) is 5.78 Å². The number of benzene rings is 2. The number of rotatable bonds is 6. The van der Waals surface area contributed by atoms with Gasteiger partial charge in [-0.25, -0.2) is 0 Å². The minimum Gasteiger partial charge on any atom is -0.493 e. The van der Waals surface area contributed by atoms with Crippen LogP contribution in [-0.4, -0.2) is 25.5 Å². The van der Waals surface area contributed by atoms with Crippen molar-refractivity contribution in [2.75, 3.05) is 19.7 Å². The van der Waals surface area contributed by atoms with Crippen molar-refractivity contribution in [3.63, 3.8) is 0 Å². The summed E-state index contributed by atoms with van der Waals surface area (Å²) in [5, 5.41) is 3.30. The maximum Gasteiger partial charge on any atom is 0.169 e. The van der Waals surface area contributed by atoms with E-state index in [1.165, 1.54) is 0 Å². The summed E-state index contributed by atoms with van der Waals surface area (Å²) in [5.74, 6) is 2.25. The highest BCUT2D eigenvalue weighted by molar-refractivity contribution is 6.00. The second kappa shape index (κ2) is 7.97. The molecule has 0 saturated carbocycles. The summed E-state index contributed by atoms with van der Waals surface area (Å²) in [6.45, 7) is 4.24. The molecule has 0 aliphatic carbocycles. The number of piperidine rings is 1. The number of carbonyl (C=O) groups excluding carboxylic acids is 1. The van der Waals surface area contributed by atoms with Gasteiger partial charge >= 0.3 is 0 Å². The Kier molecular flexibility index (Phi) is 5.49. The van der Waals surface area contributed by atoms with E-state index in [0.717, 1.165) is 31.7 Å². The summed E-state index contributed by atoms with van der Waals surface area (Å²) in [4.78, 5) is 12.9. The van der Waals surface area contributed by atoms with Crippen LogP contribution >= 0.6 is 0 Å². The molecule has 1 aliphatic heterocycles. The van der Waals surface area contributed by atoms with Crippen LogP contribution in [0.5, 0.6) is 17.2 Å². The quantitative estimate of drug-likeness (QED) is 0.814. The molecule has 0 radical (unpaired) electrons. The fraction of sp³-hybridized carbons (Fsp3) is 0.350. The largest absolute Gasteiger partial charge is 0.493 e. The van der Waals surface area contributed by atoms with E-state index in [1.807, 2.05) is 55.5 Å². The first-order chi connectivity index (χ1) is 11.8. The van der Waals surface area contributed by atoms with E-state index in [1.54, 1.807) is 0 Å². The first kappa shape index (κ1) is 16.5. The van der Waals surface area contributed by atoms with Gasteiger partial charge in [-0.2, -0.15) is 0 Å². The molecule has 0 unspecified atom stereocenters. The minimum atomic E-state index is 0.0532. The molecule has 126 valence electrons. The molecule has 1 N–H and O–H groups in total. The van der Waals surface area contributed by atoms with Crippen molar-refractivity contribution in [2.24, 2.45) is 5.92 Å². The Morgan fingerprint density at radius 2 is 1.83 bits per heavy atom. The van der Waals surface area contributed by atoms with Gasteiger partial charge in [-0.3, -0.25) is 4.79 Å². The summed E-state index contributed by atoms with van der Waals surface area (Å²) in [6.07, 6.45) is 1.74. The highest BCUT2D eigenvalue weighted by Crippen LogP contribution is 2.31. The van der Waals surface area contributed by atoms with Crippen molar-refractivity contribution >= 4 is 5.78 Å². The number of hydrogen-bond acceptors (Lipinski definition) is 4. The molecule has 0 amide bonds. The lowest BCUT2D eigenvalue weighted by molar-refractivity contribution is 0.0891. The third-order valence-electron chi connectivity index (χ3n) is 4.21. The van der Waals surface area contributed by atoms with Crippen LogP contribution in [0.3, 0.4) is 0 Å². The topological polar surface area (TPSA) is 47.6 Å². The lowest BCUT2D eigenvalue weighted by Crippen LogP contribution is -2.32. The van der Waals surface area contributed by atoms with Gasteiger partial charge < -0.3 is 14.8 Å². The van der Waals surface area contributed by atoms with E-state index >= 15 is 0 Å². The molecule has 0 aromatic heterocycles. The van der Waals surface area contributed by atoms with Gasteiger partial charge in [-0.15, -0.1) is 0 Å². The Bertz CT molecular complexity index is 679. The Hall–Kier alpha value is -2.33. The predicted octanol–water partition coefficient (Wildman–Crippen LogP) is 4.06. The standard InChI is InChI=1S/C20H23NO3/c1-2-23-19-9-8-17(24-16-6-4-3-5-7-16)14-18(19)20(22)15-10-12-21-13-11-15/h3-9,14-15,21H,2,10-13H2,1H3. The number of hydrogen-bond donors (Lipinski definition) is 1. The molecule has 1 aliphatic rings.